The normalized spacial score (nSPS) is 11.2. The number of aromatic nitrogens is 2. The average molecular weight is 269 g/mol. The number of aryl methyl sites for hydroxylation is 1. The molecule has 0 unspecified atom stereocenters. The van der Waals surface area contributed by atoms with Gasteiger partial charge in [0.25, 0.3) is 0 Å². The molecule has 20 heavy (non-hydrogen) atoms. The minimum atomic E-state index is -0.157. The zero-order valence-corrected chi connectivity index (χ0v) is 12.0. The maximum atomic E-state index is 11.9. The highest BCUT2D eigenvalue weighted by atomic mass is 16.1. The molecule has 1 N–H and O–H groups in total. The summed E-state index contributed by atoms with van der Waals surface area (Å²) in [5.74, 6) is 0.566. The lowest BCUT2D eigenvalue weighted by molar-refractivity contribution is -0.111. The van der Waals surface area contributed by atoms with E-state index in [2.05, 4.69) is 10.4 Å². The monoisotopic (exact) mass is 269 g/mol. The number of amides is 1. The molecule has 1 amide bonds. The van der Waals surface area contributed by atoms with Crippen molar-refractivity contribution in [2.75, 3.05) is 5.32 Å². The van der Waals surface area contributed by atoms with Crippen molar-refractivity contribution in [3.63, 3.8) is 0 Å². The van der Waals surface area contributed by atoms with Gasteiger partial charge in [0.05, 0.1) is 5.69 Å². The third kappa shape index (κ3) is 3.57. The van der Waals surface area contributed by atoms with Gasteiger partial charge in [0.2, 0.25) is 5.91 Å². The Hall–Kier alpha value is -2.36. The zero-order valence-electron chi connectivity index (χ0n) is 12.0. The summed E-state index contributed by atoms with van der Waals surface area (Å²) in [6.07, 6.45) is 3.32. The van der Waals surface area contributed by atoms with Gasteiger partial charge in [-0.05, 0) is 32.4 Å². The number of nitrogens with zero attached hydrogens (tertiary/aromatic N) is 2. The summed E-state index contributed by atoms with van der Waals surface area (Å²) >= 11 is 0. The maximum Gasteiger partial charge on any atom is 0.249 e. The summed E-state index contributed by atoms with van der Waals surface area (Å²) < 4.78 is 1.81. The molecule has 0 saturated carbocycles. The molecule has 0 aliphatic rings. The fourth-order valence-corrected chi connectivity index (χ4v) is 1.91. The van der Waals surface area contributed by atoms with E-state index in [1.165, 1.54) is 6.08 Å². The molecule has 2 aromatic rings. The van der Waals surface area contributed by atoms with Crippen molar-refractivity contribution in [2.45, 2.75) is 26.8 Å². The number of carbonyl (C=O) groups is 1. The Balaban J connectivity index is 2.07. The minimum Gasteiger partial charge on any atom is -0.307 e. The highest BCUT2D eigenvalue weighted by Gasteiger charge is 2.09. The standard InChI is InChI=1S/C16H19N3O/c1-12(2)19-15(11-13(3)18-19)17-16(20)10-9-14-7-5-4-6-8-14/h4-12H,1-3H3,(H,17,20)/b10-9+. The topological polar surface area (TPSA) is 46.9 Å². The largest absolute Gasteiger partial charge is 0.307 e. The Morgan fingerprint density at radius 1 is 1.30 bits per heavy atom. The van der Waals surface area contributed by atoms with Gasteiger partial charge in [-0.25, -0.2) is 4.68 Å². The van der Waals surface area contributed by atoms with Crippen LogP contribution in [0.3, 0.4) is 0 Å². The van der Waals surface area contributed by atoms with Crippen LogP contribution < -0.4 is 5.32 Å². The molecule has 0 radical (unpaired) electrons. The van der Waals surface area contributed by atoms with Crippen LogP contribution in [0.25, 0.3) is 6.08 Å². The third-order valence-corrected chi connectivity index (χ3v) is 2.83. The first-order chi connectivity index (χ1) is 9.56. The van der Waals surface area contributed by atoms with Crippen molar-refractivity contribution >= 4 is 17.8 Å². The number of benzene rings is 1. The first-order valence-corrected chi connectivity index (χ1v) is 6.66. The number of rotatable bonds is 4. The van der Waals surface area contributed by atoms with Crippen molar-refractivity contribution in [1.82, 2.24) is 9.78 Å². The van der Waals surface area contributed by atoms with Gasteiger partial charge in [0.15, 0.2) is 0 Å². The fraction of sp³-hybridized carbons (Fsp3) is 0.250. The molecule has 0 atom stereocenters. The number of hydrogen-bond donors (Lipinski definition) is 1. The summed E-state index contributed by atoms with van der Waals surface area (Å²) in [5.41, 5.74) is 1.89. The summed E-state index contributed by atoms with van der Waals surface area (Å²) in [5, 5.41) is 7.22. The highest BCUT2D eigenvalue weighted by molar-refractivity contribution is 6.01. The first kappa shape index (κ1) is 14.1. The second-order valence-corrected chi connectivity index (χ2v) is 4.94. The van der Waals surface area contributed by atoms with Crippen LogP contribution >= 0.6 is 0 Å². The summed E-state index contributed by atoms with van der Waals surface area (Å²) in [4.78, 5) is 11.9. The highest BCUT2D eigenvalue weighted by Crippen LogP contribution is 2.16. The van der Waals surface area contributed by atoms with Crippen molar-refractivity contribution in [3.8, 4) is 0 Å². The molecular weight excluding hydrogens is 250 g/mol. The molecule has 0 bridgehead atoms. The predicted octanol–water partition coefficient (Wildman–Crippen LogP) is 3.42. The number of nitrogens with one attached hydrogen (secondary N) is 1. The van der Waals surface area contributed by atoms with Crippen LogP contribution in [0, 0.1) is 6.92 Å². The van der Waals surface area contributed by atoms with Gasteiger partial charge in [-0.15, -0.1) is 0 Å². The van der Waals surface area contributed by atoms with Crippen molar-refractivity contribution in [1.29, 1.82) is 0 Å². The van der Waals surface area contributed by atoms with E-state index in [-0.39, 0.29) is 11.9 Å². The molecule has 4 nitrogen and oxygen atoms in total. The van der Waals surface area contributed by atoms with E-state index in [0.29, 0.717) is 0 Å². The van der Waals surface area contributed by atoms with Crippen LogP contribution in [0.15, 0.2) is 42.5 Å². The Kier molecular flexibility index (Phi) is 4.35. The first-order valence-electron chi connectivity index (χ1n) is 6.66. The van der Waals surface area contributed by atoms with E-state index >= 15 is 0 Å². The Bertz CT molecular complexity index is 612. The summed E-state index contributed by atoms with van der Waals surface area (Å²) in [6, 6.07) is 11.8. The molecule has 4 heteroatoms. The lowest BCUT2D eigenvalue weighted by Gasteiger charge is -2.10. The van der Waals surface area contributed by atoms with Crippen molar-refractivity contribution in [2.24, 2.45) is 0 Å². The molecule has 2 rings (SSSR count). The second kappa shape index (κ2) is 6.19. The fourth-order valence-electron chi connectivity index (χ4n) is 1.91. The smallest absolute Gasteiger partial charge is 0.249 e. The Morgan fingerprint density at radius 3 is 2.65 bits per heavy atom. The lowest BCUT2D eigenvalue weighted by Crippen LogP contribution is -2.14. The van der Waals surface area contributed by atoms with Gasteiger partial charge >= 0.3 is 0 Å². The summed E-state index contributed by atoms with van der Waals surface area (Å²) in [6.45, 7) is 5.97. The van der Waals surface area contributed by atoms with E-state index < -0.39 is 0 Å². The molecule has 1 aromatic heterocycles. The SMILES string of the molecule is Cc1cc(NC(=O)/C=C/c2ccccc2)n(C(C)C)n1. The zero-order chi connectivity index (χ0) is 14.5. The van der Waals surface area contributed by atoms with E-state index in [1.54, 1.807) is 6.08 Å². The van der Waals surface area contributed by atoms with Crippen LogP contribution in [0.5, 0.6) is 0 Å². The molecule has 1 heterocycles. The van der Waals surface area contributed by atoms with Crippen molar-refractivity contribution in [3.05, 3.63) is 53.7 Å². The molecule has 1 aromatic carbocycles. The number of hydrogen-bond acceptors (Lipinski definition) is 2. The van der Waals surface area contributed by atoms with Crippen LogP contribution in [0.2, 0.25) is 0 Å². The van der Waals surface area contributed by atoms with Crippen LogP contribution in [0.1, 0.15) is 31.1 Å². The van der Waals surface area contributed by atoms with E-state index in [1.807, 2.05) is 61.9 Å². The van der Waals surface area contributed by atoms with Gasteiger partial charge in [-0.2, -0.15) is 5.10 Å². The molecule has 104 valence electrons. The Labute approximate surface area is 119 Å². The molecular formula is C16H19N3O. The van der Waals surface area contributed by atoms with E-state index in [4.69, 9.17) is 0 Å². The van der Waals surface area contributed by atoms with Gasteiger partial charge in [-0.1, -0.05) is 30.3 Å². The maximum absolute atomic E-state index is 11.9. The average Bonchev–Trinajstić information content (AvgIpc) is 2.79. The van der Waals surface area contributed by atoms with Gasteiger partial charge in [0, 0.05) is 18.2 Å². The molecule has 0 spiro atoms. The number of anilines is 1. The van der Waals surface area contributed by atoms with Crippen LogP contribution in [-0.4, -0.2) is 15.7 Å². The molecule has 0 aliphatic heterocycles. The van der Waals surface area contributed by atoms with Crippen molar-refractivity contribution < 1.29 is 4.79 Å². The molecule has 0 aliphatic carbocycles. The molecule has 0 fully saturated rings. The third-order valence-electron chi connectivity index (χ3n) is 2.83. The minimum absolute atomic E-state index is 0.157. The van der Waals surface area contributed by atoms with Gasteiger partial charge in [-0.3, -0.25) is 4.79 Å². The quantitative estimate of drug-likeness (QED) is 0.864. The van der Waals surface area contributed by atoms with Gasteiger partial charge in [0.1, 0.15) is 5.82 Å². The van der Waals surface area contributed by atoms with Gasteiger partial charge < -0.3 is 5.32 Å². The Morgan fingerprint density at radius 2 is 2.00 bits per heavy atom. The predicted molar refractivity (Wildman–Crippen MR) is 81.5 cm³/mol. The van der Waals surface area contributed by atoms with Crippen LogP contribution in [-0.2, 0) is 4.79 Å². The number of carbonyl (C=O) groups excluding carboxylic acids is 1. The van der Waals surface area contributed by atoms with E-state index in [9.17, 15) is 4.79 Å². The van der Waals surface area contributed by atoms with Crippen LogP contribution in [0.4, 0.5) is 5.82 Å². The van der Waals surface area contributed by atoms with E-state index in [0.717, 1.165) is 17.1 Å². The summed E-state index contributed by atoms with van der Waals surface area (Å²) in [7, 11) is 0. The molecule has 0 saturated heterocycles. The lowest BCUT2D eigenvalue weighted by atomic mass is 10.2. The second-order valence-electron chi connectivity index (χ2n) is 4.94.